The summed E-state index contributed by atoms with van der Waals surface area (Å²) in [5.41, 5.74) is 1.39. The summed E-state index contributed by atoms with van der Waals surface area (Å²) in [7, 11) is 0. The van der Waals surface area contributed by atoms with Crippen LogP contribution in [0.5, 0.6) is 0 Å². The first-order chi connectivity index (χ1) is 15.7. The van der Waals surface area contributed by atoms with Crippen LogP contribution in [0.3, 0.4) is 0 Å². The number of carbonyl (C=O) groups is 2. The third-order valence-corrected chi connectivity index (χ3v) is 6.61. The molecule has 174 valence electrons. The van der Waals surface area contributed by atoms with Gasteiger partial charge < -0.3 is 9.80 Å². The van der Waals surface area contributed by atoms with Crippen molar-refractivity contribution in [2.45, 2.75) is 33.9 Å². The van der Waals surface area contributed by atoms with Crippen LogP contribution >= 0.6 is 34.5 Å². The molecule has 0 radical (unpaired) electrons. The Kier molecular flexibility index (Phi) is 8.95. The van der Waals surface area contributed by atoms with Gasteiger partial charge in [0.2, 0.25) is 5.91 Å². The number of aryl methyl sites for hydroxylation is 1. The minimum Gasteiger partial charge on any atom is -0.332 e. The molecule has 7 heteroatoms. The van der Waals surface area contributed by atoms with E-state index in [1.165, 1.54) is 4.88 Å². The van der Waals surface area contributed by atoms with Gasteiger partial charge in [0, 0.05) is 27.9 Å². The highest BCUT2D eigenvalue weighted by Crippen LogP contribution is 2.23. The van der Waals surface area contributed by atoms with Gasteiger partial charge in [0.25, 0.3) is 5.91 Å². The number of amides is 2. The zero-order valence-corrected chi connectivity index (χ0v) is 21.4. The fourth-order valence-electron chi connectivity index (χ4n) is 3.55. The molecule has 1 aromatic heterocycles. The summed E-state index contributed by atoms with van der Waals surface area (Å²) >= 11 is 14.0. The predicted octanol–water partition coefficient (Wildman–Crippen LogP) is 6.69. The summed E-state index contributed by atoms with van der Waals surface area (Å²) in [6, 6.07) is 18.8. The van der Waals surface area contributed by atoms with Crippen molar-refractivity contribution in [1.82, 2.24) is 9.80 Å². The van der Waals surface area contributed by atoms with Crippen LogP contribution in [0.15, 0.2) is 60.7 Å². The Morgan fingerprint density at radius 1 is 0.939 bits per heavy atom. The molecule has 0 N–H and O–H groups in total. The van der Waals surface area contributed by atoms with Crippen LogP contribution < -0.4 is 0 Å². The Morgan fingerprint density at radius 3 is 2.27 bits per heavy atom. The standard InChI is InChI=1S/C26H28Cl2N2O2S/c1-18(2)14-30(26(32)23-12-10-21(27)13-24(23)28)17-25(31)29(15-20-7-5-4-6-8-20)16-22-11-9-19(3)33-22/h4-13,18H,14-17H2,1-3H3. The second-order valence-electron chi connectivity index (χ2n) is 8.45. The molecule has 0 saturated carbocycles. The summed E-state index contributed by atoms with van der Waals surface area (Å²) in [5, 5.41) is 0.743. The smallest absolute Gasteiger partial charge is 0.255 e. The van der Waals surface area contributed by atoms with Gasteiger partial charge in [0.1, 0.15) is 6.54 Å². The van der Waals surface area contributed by atoms with Crippen LogP contribution in [0.4, 0.5) is 0 Å². The summed E-state index contributed by atoms with van der Waals surface area (Å²) in [6.45, 7) is 7.48. The van der Waals surface area contributed by atoms with Crippen molar-refractivity contribution in [3.8, 4) is 0 Å². The highest BCUT2D eigenvalue weighted by Gasteiger charge is 2.25. The van der Waals surface area contributed by atoms with Gasteiger partial charge in [-0.2, -0.15) is 0 Å². The monoisotopic (exact) mass is 502 g/mol. The van der Waals surface area contributed by atoms with Crippen molar-refractivity contribution < 1.29 is 9.59 Å². The lowest BCUT2D eigenvalue weighted by Crippen LogP contribution is -2.44. The third kappa shape index (κ3) is 7.32. The summed E-state index contributed by atoms with van der Waals surface area (Å²) < 4.78 is 0. The van der Waals surface area contributed by atoms with Crippen LogP contribution in [0.1, 0.15) is 39.5 Å². The van der Waals surface area contributed by atoms with E-state index >= 15 is 0 Å². The van der Waals surface area contributed by atoms with Crippen LogP contribution in [0, 0.1) is 12.8 Å². The van der Waals surface area contributed by atoms with E-state index in [0.717, 1.165) is 10.4 Å². The van der Waals surface area contributed by atoms with Crippen LogP contribution in [-0.2, 0) is 17.9 Å². The van der Waals surface area contributed by atoms with E-state index in [1.807, 2.05) is 49.1 Å². The van der Waals surface area contributed by atoms with Crippen LogP contribution in [0.25, 0.3) is 0 Å². The minimum absolute atomic E-state index is 0.0207. The van der Waals surface area contributed by atoms with E-state index in [-0.39, 0.29) is 29.3 Å². The lowest BCUT2D eigenvalue weighted by Gasteiger charge is -2.29. The van der Waals surface area contributed by atoms with Crippen molar-refractivity contribution in [1.29, 1.82) is 0 Å². The molecular weight excluding hydrogens is 475 g/mol. The second kappa shape index (κ2) is 11.7. The molecule has 1 heterocycles. The molecule has 2 amide bonds. The van der Waals surface area contributed by atoms with Crippen LogP contribution in [-0.4, -0.2) is 34.7 Å². The molecule has 0 spiro atoms. The van der Waals surface area contributed by atoms with Crippen molar-refractivity contribution in [3.05, 3.63) is 91.6 Å². The maximum absolute atomic E-state index is 13.5. The Bertz CT molecular complexity index is 1100. The lowest BCUT2D eigenvalue weighted by molar-refractivity contribution is -0.133. The first-order valence-electron chi connectivity index (χ1n) is 10.8. The van der Waals surface area contributed by atoms with Crippen LogP contribution in [0.2, 0.25) is 10.0 Å². The Morgan fingerprint density at radius 2 is 1.67 bits per heavy atom. The van der Waals surface area contributed by atoms with E-state index < -0.39 is 0 Å². The zero-order valence-electron chi connectivity index (χ0n) is 19.1. The fraction of sp³-hybridized carbons (Fsp3) is 0.308. The van der Waals surface area contributed by atoms with Gasteiger partial charge in [0.15, 0.2) is 0 Å². The van der Waals surface area contributed by atoms with Gasteiger partial charge in [0.05, 0.1) is 17.1 Å². The number of rotatable bonds is 9. The van der Waals surface area contributed by atoms with Crippen molar-refractivity contribution in [3.63, 3.8) is 0 Å². The Labute approximate surface area is 209 Å². The molecule has 0 aliphatic carbocycles. The first-order valence-corrected chi connectivity index (χ1v) is 12.4. The quantitative estimate of drug-likeness (QED) is 0.326. The van der Waals surface area contributed by atoms with Crippen molar-refractivity contribution in [2.75, 3.05) is 13.1 Å². The van der Waals surface area contributed by atoms with Gasteiger partial charge in [-0.15, -0.1) is 11.3 Å². The summed E-state index contributed by atoms with van der Waals surface area (Å²) in [5.74, 6) is -0.190. The van der Waals surface area contributed by atoms with Gasteiger partial charge >= 0.3 is 0 Å². The van der Waals surface area contributed by atoms with E-state index in [1.54, 1.807) is 34.4 Å². The number of halogens is 2. The lowest BCUT2D eigenvalue weighted by atomic mass is 10.1. The third-order valence-electron chi connectivity index (χ3n) is 5.07. The van der Waals surface area contributed by atoms with Gasteiger partial charge in [-0.1, -0.05) is 67.4 Å². The maximum atomic E-state index is 13.5. The molecule has 0 unspecified atom stereocenters. The molecule has 4 nitrogen and oxygen atoms in total. The molecule has 0 fully saturated rings. The molecule has 33 heavy (non-hydrogen) atoms. The molecular formula is C26H28Cl2N2O2S. The number of hydrogen-bond donors (Lipinski definition) is 0. The summed E-state index contributed by atoms with van der Waals surface area (Å²) in [6.07, 6.45) is 0. The zero-order chi connectivity index (χ0) is 24.0. The largest absolute Gasteiger partial charge is 0.332 e. The first kappa shape index (κ1) is 25.3. The molecule has 0 aliphatic rings. The molecule has 0 saturated heterocycles. The average Bonchev–Trinajstić information content (AvgIpc) is 3.17. The Hall–Kier alpha value is -2.34. The maximum Gasteiger partial charge on any atom is 0.255 e. The van der Waals surface area contributed by atoms with Crippen molar-refractivity contribution in [2.24, 2.45) is 5.92 Å². The highest BCUT2D eigenvalue weighted by atomic mass is 35.5. The minimum atomic E-state index is -0.273. The predicted molar refractivity (Wildman–Crippen MR) is 137 cm³/mol. The van der Waals surface area contributed by atoms with Crippen molar-refractivity contribution >= 4 is 46.4 Å². The summed E-state index contributed by atoms with van der Waals surface area (Å²) in [4.78, 5) is 32.5. The number of benzene rings is 2. The molecule has 0 aliphatic heterocycles. The SMILES string of the molecule is Cc1ccc(CN(Cc2ccccc2)C(=O)CN(CC(C)C)C(=O)c2ccc(Cl)cc2Cl)s1. The van der Waals surface area contributed by atoms with E-state index in [9.17, 15) is 9.59 Å². The highest BCUT2D eigenvalue weighted by molar-refractivity contribution is 7.11. The molecule has 3 rings (SSSR count). The second-order valence-corrected chi connectivity index (χ2v) is 10.7. The fourth-order valence-corrected chi connectivity index (χ4v) is 4.95. The molecule has 2 aromatic carbocycles. The molecule has 3 aromatic rings. The van der Waals surface area contributed by atoms with E-state index in [2.05, 4.69) is 19.1 Å². The molecule has 0 atom stereocenters. The van der Waals surface area contributed by atoms with Gasteiger partial charge in [-0.25, -0.2) is 0 Å². The van der Waals surface area contributed by atoms with Gasteiger partial charge in [-0.05, 0) is 48.7 Å². The number of thiophene rings is 1. The number of hydrogen-bond acceptors (Lipinski definition) is 3. The molecule has 0 bridgehead atoms. The average molecular weight is 503 g/mol. The van der Waals surface area contributed by atoms with E-state index in [4.69, 9.17) is 23.2 Å². The number of carbonyl (C=O) groups excluding carboxylic acids is 2. The normalized spacial score (nSPS) is 11.0. The Balaban J connectivity index is 1.84. The topological polar surface area (TPSA) is 40.6 Å². The van der Waals surface area contributed by atoms with Gasteiger partial charge in [-0.3, -0.25) is 9.59 Å². The number of nitrogens with zero attached hydrogens (tertiary/aromatic N) is 2. The van der Waals surface area contributed by atoms with E-state index in [0.29, 0.717) is 30.2 Å².